The number of amides is 3. The molecule has 0 aromatic heterocycles. The minimum absolute atomic E-state index is 0.0930. The van der Waals surface area contributed by atoms with Crippen LogP contribution in [0.3, 0.4) is 0 Å². The van der Waals surface area contributed by atoms with Gasteiger partial charge in [-0.15, -0.1) is 0 Å². The van der Waals surface area contributed by atoms with Crippen molar-refractivity contribution in [3.8, 4) is 0 Å². The predicted molar refractivity (Wildman–Crippen MR) is 149 cm³/mol. The van der Waals surface area contributed by atoms with Gasteiger partial charge in [-0.2, -0.15) is 0 Å². The Morgan fingerprint density at radius 2 is 1.71 bits per heavy atom. The SMILES string of the molecule is COC(=O)c1cccc(NC(=O)NCC(=O)N2C(C(=O)O)CC(S(=O)(=O)c3ccc(C)cc3)C2c2ccccc2F)c1. The number of sulfone groups is 1. The number of rotatable bonds is 8. The normalized spacial score (nSPS) is 18.3. The zero-order valence-corrected chi connectivity index (χ0v) is 23.4. The summed E-state index contributed by atoms with van der Waals surface area (Å²) >= 11 is 0. The Balaban J connectivity index is 1.63. The highest BCUT2D eigenvalue weighted by Crippen LogP contribution is 2.43. The van der Waals surface area contributed by atoms with Gasteiger partial charge in [0.25, 0.3) is 0 Å². The average Bonchev–Trinajstić information content (AvgIpc) is 3.38. The van der Waals surface area contributed by atoms with Gasteiger partial charge in [-0.25, -0.2) is 27.2 Å². The highest BCUT2D eigenvalue weighted by Gasteiger charge is 2.53. The number of anilines is 1. The number of carboxylic acid groups (broad SMARTS) is 1. The van der Waals surface area contributed by atoms with Gasteiger partial charge in [-0.3, -0.25) is 4.79 Å². The van der Waals surface area contributed by atoms with E-state index in [1.807, 2.05) is 0 Å². The van der Waals surface area contributed by atoms with E-state index >= 15 is 4.39 Å². The number of nitrogens with one attached hydrogen (secondary N) is 2. The summed E-state index contributed by atoms with van der Waals surface area (Å²) in [5.41, 5.74) is 1.01. The second-order valence-corrected chi connectivity index (χ2v) is 11.8. The summed E-state index contributed by atoms with van der Waals surface area (Å²) < 4.78 is 47.3. The number of halogens is 1. The molecule has 0 bridgehead atoms. The molecular weight excluding hydrogens is 569 g/mol. The van der Waals surface area contributed by atoms with Crippen LogP contribution in [-0.2, 0) is 24.2 Å². The highest BCUT2D eigenvalue weighted by atomic mass is 32.2. The number of carbonyl (C=O) groups is 4. The van der Waals surface area contributed by atoms with Crippen molar-refractivity contribution in [2.24, 2.45) is 0 Å². The maximum absolute atomic E-state index is 15.1. The van der Waals surface area contributed by atoms with Gasteiger partial charge in [0.15, 0.2) is 9.84 Å². The Morgan fingerprint density at radius 3 is 2.36 bits per heavy atom. The smallest absolute Gasteiger partial charge is 0.337 e. The van der Waals surface area contributed by atoms with E-state index in [0.717, 1.165) is 16.5 Å². The fraction of sp³-hybridized carbons (Fsp3) is 0.241. The summed E-state index contributed by atoms with van der Waals surface area (Å²) in [4.78, 5) is 50.8. The first kappa shape index (κ1) is 30.2. The Bertz CT molecular complexity index is 1630. The van der Waals surface area contributed by atoms with Crippen molar-refractivity contribution >= 4 is 39.4 Å². The molecule has 11 nitrogen and oxygen atoms in total. The Hall–Kier alpha value is -4.78. The lowest BCUT2D eigenvalue weighted by molar-refractivity contribution is -0.149. The number of urea groups is 1. The molecule has 3 amide bonds. The van der Waals surface area contributed by atoms with Gasteiger partial charge in [0, 0.05) is 11.3 Å². The van der Waals surface area contributed by atoms with Crippen molar-refractivity contribution in [3.63, 3.8) is 0 Å². The van der Waals surface area contributed by atoms with Crippen LogP contribution in [0.15, 0.2) is 77.7 Å². The minimum atomic E-state index is -4.25. The molecule has 42 heavy (non-hydrogen) atoms. The van der Waals surface area contributed by atoms with Crippen LogP contribution in [0.5, 0.6) is 0 Å². The number of benzene rings is 3. The van der Waals surface area contributed by atoms with E-state index in [1.54, 1.807) is 19.1 Å². The lowest BCUT2D eigenvalue weighted by Gasteiger charge is -2.31. The number of hydrogen-bond donors (Lipinski definition) is 3. The Labute approximate surface area is 241 Å². The van der Waals surface area contributed by atoms with Gasteiger partial charge in [0.2, 0.25) is 5.91 Å². The van der Waals surface area contributed by atoms with E-state index < -0.39 is 69.8 Å². The molecule has 0 spiro atoms. The second kappa shape index (κ2) is 12.4. The van der Waals surface area contributed by atoms with Crippen LogP contribution in [-0.4, -0.2) is 67.2 Å². The molecule has 0 saturated carbocycles. The number of hydrogen-bond acceptors (Lipinski definition) is 7. The van der Waals surface area contributed by atoms with E-state index in [1.165, 1.54) is 61.7 Å². The molecule has 0 aliphatic carbocycles. The molecule has 0 radical (unpaired) electrons. The summed E-state index contributed by atoms with van der Waals surface area (Å²) in [6.07, 6.45) is -0.497. The Morgan fingerprint density at radius 1 is 1.02 bits per heavy atom. The third-order valence-corrected chi connectivity index (χ3v) is 9.11. The topological polar surface area (TPSA) is 159 Å². The molecule has 220 valence electrons. The molecule has 1 aliphatic heterocycles. The molecule has 3 atom stereocenters. The summed E-state index contributed by atoms with van der Waals surface area (Å²) in [5, 5.41) is 13.3. The summed E-state index contributed by atoms with van der Waals surface area (Å²) in [6.45, 7) is 1.04. The molecule has 4 rings (SSSR count). The summed E-state index contributed by atoms with van der Waals surface area (Å²) in [7, 11) is -3.05. The zero-order valence-electron chi connectivity index (χ0n) is 22.6. The molecular formula is C29H28FN3O8S. The second-order valence-electron chi connectivity index (χ2n) is 9.63. The number of carbonyl (C=O) groups excluding carboxylic acids is 3. The third kappa shape index (κ3) is 6.25. The fourth-order valence-corrected chi connectivity index (χ4v) is 6.83. The van der Waals surface area contributed by atoms with Crippen LogP contribution in [0.2, 0.25) is 0 Å². The number of esters is 1. The first-order chi connectivity index (χ1) is 19.9. The standard InChI is InChI=1S/C29H28FN3O8S/c1-17-10-12-20(13-11-17)42(39,40)24-15-23(27(35)36)33(26(24)21-8-3-4-9-22(21)30)25(34)16-31-29(38)32-19-7-5-6-18(14-19)28(37)41-2/h3-14,23-24,26H,15-16H2,1-2H3,(H,35,36)(H2,31,32,38). The maximum Gasteiger partial charge on any atom is 0.337 e. The van der Waals surface area contributed by atoms with Crippen molar-refractivity contribution in [2.75, 3.05) is 19.0 Å². The van der Waals surface area contributed by atoms with Crippen molar-refractivity contribution < 1.29 is 41.8 Å². The molecule has 3 aromatic carbocycles. The van der Waals surface area contributed by atoms with Gasteiger partial charge in [0.1, 0.15) is 11.9 Å². The van der Waals surface area contributed by atoms with E-state index in [4.69, 9.17) is 0 Å². The Kier molecular flexibility index (Phi) is 8.90. The quantitative estimate of drug-likeness (QED) is 0.334. The highest BCUT2D eigenvalue weighted by molar-refractivity contribution is 7.92. The molecule has 13 heteroatoms. The minimum Gasteiger partial charge on any atom is -0.480 e. The molecule has 1 fully saturated rings. The largest absolute Gasteiger partial charge is 0.480 e. The number of methoxy groups -OCH3 is 1. The molecule has 1 saturated heterocycles. The molecule has 3 unspecified atom stereocenters. The number of aryl methyl sites for hydroxylation is 1. The van der Waals surface area contributed by atoms with Crippen LogP contribution >= 0.6 is 0 Å². The molecule has 3 N–H and O–H groups in total. The van der Waals surface area contributed by atoms with Crippen molar-refractivity contribution in [3.05, 3.63) is 95.3 Å². The van der Waals surface area contributed by atoms with Gasteiger partial charge in [-0.05, 0) is 49.7 Å². The van der Waals surface area contributed by atoms with Gasteiger partial charge >= 0.3 is 18.0 Å². The fourth-order valence-electron chi connectivity index (χ4n) is 4.91. The van der Waals surface area contributed by atoms with Crippen LogP contribution in [0.1, 0.15) is 33.9 Å². The van der Waals surface area contributed by atoms with Crippen LogP contribution in [0, 0.1) is 12.7 Å². The number of likely N-dealkylation sites (tertiary alicyclic amines) is 1. The van der Waals surface area contributed by atoms with E-state index in [-0.39, 0.29) is 21.7 Å². The maximum atomic E-state index is 15.1. The lowest BCUT2D eigenvalue weighted by Crippen LogP contribution is -2.47. The van der Waals surface area contributed by atoms with Gasteiger partial charge in [0.05, 0.1) is 35.4 Å². The number of ether oxygens (including phenoxy) is 1. The van der Waals surface area contributed by atoms with Gasteiger partial charge in [-0.1, -0.05) is 42.0 Å². The first-order valence-corrected chi connectivity index (χ1v) is 14.3. The molecule has 3 aromatic rings. The first-order valence-electron chi connectivity index (χ1n) is 12.8. The van der Waals surface area contributed by atoms with Crippen molar-refractivity contribution in [1.29, 1.82) is 0 Å². The van der Waals surface area contributed by atoms with Crippen LogP contribution in [0.25, 0.3) is 0 Å². The summed E-state index contributed by atoms with van der Waals surface area (Å²) in [5.74, 6) is -3.85. The number of aliphatic carboxylic acids is 1. The van der Waals surface area contributed by atoms with Crippen LogP contribution in [0.4, 0.5) is 14.9 Å². The zero-order chi connectivity index (χ0) is 30.6. The molecule has 1 heterocycles. The predicted octanol–water partition coefficient (Wildman–Crippen LogP) is 3.31. The summed E-state index contributed by atoms with van der Waals surface area (Å²) in [6, 6.07) is 13.0. The van der Waals surface area contributed by atoms with Crippen molar-refractivity contribution in [2.45, 2.75) is 35.6 Å². The number of carboxylic acids is 1. The van der Waals surface area contributed by atoms with Crippen LogP contribution < -0.4 is 10.6 Å². The van der Waals surface area contributed by atoms with E-state index in [9.17, 15) is 32.7 Å². The average molecular weight is 598 g/mol. The lowest BCUT2D eigenvalue weighted by atomic mass is 10.0. The van der Waals surface area contributed by atoms with E-state index in [2.05, 4.69) is 15.4 Å². The third-order valence-electron chi connectivity index (χ3n) is 6.93. The van der Waals surface area contributed by atoms with Crippen molar-refractivity contribution in [1.82, 2.24) is 10.2 Å². The van der Waals surface area contributed by atoms with E-state index in [0.29, 0.717) is 0 Å². The monoisotopic (exact) mass is 597 g/mol. The van der Waals surface area contributed by atoms with Gasteiger partial charge < -0.3 is 25.4 Å². The number of nitrogens with zero attached hydrogens (tertiary/aromatic N) is 1. The molecule has 1 aliphatic rings.